The van der Waals surface area contributed by atoms with E-state index >= 15 is 0 Å². The molecule has 0 saturated carbocycles. The first-order chi connectivity index (χ1) is 8.08. The molecule has 0 radical (unpaired) electrons. The summed E-state index contributed by atoms with van der Waals surface area (Å²) >= 11 is 0. The SMILES string of the molecule is CCOc1ccc(C=C(C)[N+](=O)[O-])cc1OC. The molecule has 0 atom stereocenters. The normalized spacial score (nSPS) is 11.1. The van der Waals surface area contributed by atoms with Crippen molar-refractivity contribution < 1.29 is 14.4 Å². The van der Waals surface area contributed by atoms with Gasteiger partial charge in [0.05, 0.1) is 18.6 Å². The van der Waals surface area contributed by atoms with E-state index < -0.39 is 4.92 Å². The van der Waals surface area contributed by atoms with E-state index in [-0.39, 0.29) is 5.70 Å². The highest BCUT2D eigenvalue weighted by molar-refractivity contribution is 5.56. The molecule has 0 aliphatic carbocycles. The summed E-state index contributed by atoms with van der Waals surface area (Å²) in [6.45, 7) is 3.87. The summed E-state index contributed by atoms with van der Waals surface area (Å²) in [5, 5.41) is 10.5. The third kappa shape index (κ3) is 3.48. The highest BCUT2D eigenvalue weighted by Gasteiger charge is 2.07. The van der Waals surface area contributed by atoms with Gasteiger partial charge in [0.2, 0.25) is 5.70 Å². The molecule has 0 saturated heterocycles. The van der Waals surface area contributed by atoms with Crippen LogP contribution in [-0.4, -0.2) is 18.6 Å². The quantitative estimate of drug-likeness (QED) is 0.583. The van der Waals surface area contributed by atoms with Crippen LogP contribution >= 0.6 is 0 Å². The lowest BCUT2D eigenvalue weighted by atomic mass is 10.1. The van der Waals surface area contributed by atoms with E-state index in [9.17, 15) is 10.1 Å². The van der Waals surface area contributed by atoms with E-state index in [1.807, 2.05) is 6.92 Å². The van der Waals surface area contributed by atoms with E-state index in [4.69, 9.17) is 9.47 Å². The van der Waals surface area contributed by atoms with E-state index in [1.165, 1.54) is 20.1 Å². The third-order valence-corrected chi connectivity index (χ3v) is 2.15. The van der Waals surface area contributed by atoms with Gasteiger partial charge < -0.3 is 9.47 Å². The van der Waals surface area contributed by atoms with Gasteiger partial charge in [-0.3, -0.25) is 10.1 Å². The van der Waals surface area contributed by atoms with Crippen molar-refractivity contribution in [1.82, 2.24) is 0 Å². The lowest BCUT2D eigenvalue weighted by Gasteiger charge is -2.09. The Morgan fingerprint density at radius 3 is 2.71 bits per heavy atom. The van der Waals surface area contributed by atoms with Gasteiger partial charge in [0.15, 0.2) is 11.5 Å². The first kappa shape index (κ1) is 13.0. The molecule has 1 rings (SSSR count). The minimum atomic E-state index is -0.428. The fourth-order valence-electron chi connectivity index (χ4n) is 1.34. The van der Waals surface area contributed by atoms with Crippen LogP contribution in [-0.2, 0) is 0 Å². The molecule has 0 unspecified atom stereocenters. The van der Waals surface area contributed by atoms with Crippen LogP contribution in [0.5, 0.6) is 11.5 Å². The molecule has 0 aromatic heterocycles. The van der Waals surface area contributed by atoms with Gasteiger partial charge in [-0.2, -0.15) is 0 Å². The second-order valence-corrected chi connectivity index (χ2v) is 3.39. The van der Waals surface area contributed by atoms with Crippen molar-refractivity contribution in [1.29, 1.82) is 0 Å². The predicted molar refractivity (Wildman–Crippen MR) is 64.8 cm³/mol. The fraction of sp³-hybridized carbons (Fsp3) is 0.333. The van der Waals surface area contributed by atoms with Gasteiger partial charge in [0.25, 0.3) is 0 Å². The van der Waals surface area contributed by atoms with Crippen LogP contribution in [0.15, 0.2) is 23.9 Å². The highest BCUT2D eigenvalue weighted by atomic mass is 16.6. The monoisotopic (exact) mass is 237 g/mol. The Hall–Kier alpha value is -2.04. The van der Waals surface area contributed by atoms with Gasteiger partial charge in [-0.25, -0.2) is 0 Å². The van der Waals surface area contributed by atoms with Crippen molar-refractivity contribution in [2.75, 3.05) is 13.7 Å². The molecule has 0 aliphatic heterocycles. The second-order valence-electron chi connectivity index (χ2n) is 3.39. The maximum atomic E-state index is 10.5. The van der Waals surface area contributed by atoms with E-state index in [0.29, 0.717) is 23.7 Å². The summed E-state index contributed by atoms with van der Waals surface area (Å²) in [5.41, 5.74) is 0.788. The minimum Gasteiger partial charge on any atom is -0.493 e. The lowest BCUT2D eigenvalue weighted by molar-refractivity contribution is -0.422. The number of rotatable bonds is 5. The standard InChI is InChI=1S/C12H15NO4/c1-4-17-11-6-5-10(8-12(11)16-3)7-9(2)13(14)15/h5-8H,4H2,1-3H3. The van der Waals surface area contributed by atoms with Crippen molar-refractivity contribution in [2.45, 2.75) is 13.8 Å². The second kappa shape index (κ2) is 5.89. The van der Waals surface area contributed by atoms with Crippen LogP contribution in [0, 0.1) is 10.1 Å². The summed E-state index contributed by atoms with van der Waals surface area (Å²) in [7, 11) is 1.53. The Bertz CT molecular complexity index is 440. The van der Waals surface area contributed by atoms with Gasteiger partial charge in [0, 0.05) is 13.0 Å². The fourth-order valence-corrected chi connectivity index (χ4v) is 1.34. The average Bonchev–Trinajstić information content (AvgIpc) is 2.31. The molecule has 1 aromatic carbocycles. The molecule has 0 fully saturated rings. The maximum absolute atomic E-state index is 10.5. The summed E-state index contributed by atoms with van der Waals surface area (Å²) in [4.78, 5) is 10.1. The summed E-state index contributed by atoms with van der Waals surface area (Å²) in [6.07, 6.45) is 1.48. The van der Waals surface area contributed by atoms with E-state index in [2.05, 4.69) is 0 Å². The molecule has 0 N–H and O–H groups in total. The third-order valence-electron chi connectivity index (χ3n) is 2.15. The van der Waals surface area contributed by atoms with Gasteiger partial charge in [-0.05, 0) is 24.6 Å². The highest BCUT2D eigenvalue weighted by Crippen LogP contribution is 2.28. The van der Waals surface area contributed by atoms with Crippen LogP contribution in [0.2, 0.25) is 0 Å². The van der Waals surface area contributed by atoms with Crippen LogP contribution in [0.1, 0.15) is 19.4 Å². The number of ether oxygens (including phenoxy) is 2. The molecule has 1 aromatic rings. The van der Waals surface area contributed by atoms with E-state index in [1.54, 1.807) is 18.2 Å². The zero-order valence-corrected chi connectivity index (χ0v) is 10.1. The Balaban J connectivity index is 3.05. The first-order valence-electron chi connectivity index (χ1n) is 5.22. The molecular weight excluding hydrogens is 222 g/mol. The Kier molecular flexibility index (Phi) is 4.51. The van der Waals surface area contributed by atoms with E-state index in [0.717, 1.165) is 0 Å². The molecule has 5 nitrogen and oxygen atoms in total. The van der Waals surface area contributed by atoms with Crippen LogP contribution < -0.4 is 9.47 Å². The molecule has 5 heteroatoms. The molecule has 0 amide bonds. The van der Waals surface area contributed by atoms with Crippen LogP contribution in [0.3, 0.4) is 0 Å². The number of allylic oxidation sites excluding steroid dienone is 1. The predicted octanol–water partition coefficient (Wildman–Crippen LogP) is 2.73. The Morgan fingerprint density at radius 2 is 2.18 bits per heavy atom. The molecule has 0 bridgehead atoms. The summed E-state index contributed by atoms with van der Waals surface area (Å²) in [6, 6.07) is 5.19. The van der Waals surface area contributed by atoms with Gasteiger partial charge >= 0.3 is 0 Å². The van der Waals surface area contributed by atoms with Gasteiger partial charge in [-0.15, -0.1) is 0 Å². The molecule has 0 aliphatic rings. The topological polar surface area (TPSA) is 61.6 Å². The number of nitro groups is 1. The maximum Gasteiger partial charge on any atom is 0.243 e. The van der Waals surface area contributed by atoms with Crippen molar-refractivity contribution in [3.8, 4) is 11.5 Å². The number of benzene rings is 1. The Morgan fingerprint density at radius 1 is 1.47 bits per heavy atom. The Labute approximate surface area is 99.8 Å². The molecule has 0 heterocycles. The number of hydrogen-bond acceptors (Lipinski definition) is 4. The minimum absolute atomic E-state index is 0.0798. The number of nitrogens with zero attached hydrogens (tertiary/aromatic N) is 1. The molecular formula is C12H15NO4. The molecule has 17 heavy (non-hydrogen) atoms. The first-order valence-corrected chi connectivity index (χ1v) is 5.22. The number of methoxy groups -OCH3 is 1. The van der Waals surface area contributed by atoms with Crippen molar-refractivity contribution in [2.24, 2.45) is 0 Å². The lowest BCUT2D eigenvalue weighted by Crippen LogP contribution is -1.96. The van der Waals surface area contributed by atoms with Crippen molar-refractivity contribution in [3.63, 3.8) is 0 Å². The van der Waals surface area contributed by atoms with Gasteiger partial charge in [-0.1, -0.05) is 6.07 Å². The van der Waals surface area contributed by atoms with Gasteiger partial charge in [0.1, 0.15) is 0 Å². The smallest absolute Gasteiger partial charge is 0.243 e. The number of hydrogen-bond donors (Lipinski definition) is 0. The van der Waals surface area contributed by atoms with Crippen LogP contribution in [0.4, 0.5) is 0 Å². The molecule has 0 spiro atoms. The average molecular weight is 237 g/mol. The summed E-state index contributed by atoms with van der Waals surface area (Å²) in [5.74, 6) is 1.20. The molecule has 92 valence electrons. The largest absolute Gasteiger partial charge is 0.493 e. The summed E-state index contributed by atoms with van der Waals surface area (Å²) < 4.78 is 10.5. The zero-order valence-electron chi connectivity index (χ0n) is 10.1. The zero-order chi connectivity index (χ0) is 12.8. The van der Waals surface area contributed by atoms with Crippen molar-refractivity contribution >= 4 is 6.08 Å². The van der Waals surface area contributed by atoms with Crippen molar-refractivity contribution in [3.05, 3.63) is 39.6 Å². The van der Waals surface area contributed by atoms with Crippen LogP contribution in [0.25, 0.3) is 6.08 Å².